The summed E-state index contributed by atoms with van der Waals surface area (Å²) in [5.74, 6) is 0. The number of nitrogens with zero attached hydrogens (tertiary/aromatic N) is 2. The Morgan fingerprint density at radius 2 is 2.13 bits per heavy atom. The Balaban J connectivity index is 2.72. The molecule has 0 saturated carbocycles. The average molecular weight is 206 g/mol. The second-order valence-corrected chi connectivity index (χ2v) is 2.97. The van der Waals surface area contributed by atoms with Gasteiger partial charge in [-0.25, -0.2) is 4.79 Å². The maximum Gasteiger partial charge on any atom is 0.416 e. The Kier molecular flexibility index (Phi) is 1.89. The summed E-state index contributed by atoms with van der Waals surface area (Å²) in [5, 5.41) is 19.9. The van der Waals surface area contributed by atoms with E-state index in [2.05, 4.69) is 0 Å². The Bertz CT molecular complexity index is 558. The van der Waals surface area contributed by atoms with Crippen molar-refractivity contribution in [2.24, 2.45) is 0 Å². The van der Waals surface area contributed by atoms with E-state index in [1.54, 1.807) is 6.07 Å². The first-order valence-electron chi connectivity index (χ1n) is 4.08. The van der Waals surface area contributed by atoms with Gasteiger partial charge >= 0.3 is 6.09 Å². The molecule has 0 amide bonds. The molecule has 1 N–H and O–H groups in total. The molecule has 0 radical (unpaired) electrons. The molecule has 15 heavy (non-hydrogen) atoms. The summed E-state index contributed by atoms with van der Waals surface area (Å²) in [4.78, 5) is 20.7. The van der Waals surface area contributed by atoms with Crippen LogP contribution in [0.3, 0.4) is 0 Å². The van der Waals surface area contributed by atoms with Crippen molar-refractivity contribution in [3.63, 3.8) is 0 Å². The molecule has 1 aromatic carbocycles. The molecule has 2 aromatic rings. The van der Waals surface area contributed by atoms with Gasteiger partial charge in [0.2, 0.25) is 0 Å². The quantitative estimate of drug-likeness (QED) is 0.571. The number of hydrogen-bond donors (Lipinski definition) is 1. The Morgan fingerprint density at radius 3 is 2.73 bits per heavy atom. The molecule has 0 bridgehead atoms. The predicted molar refractivity (Wildman–Crippen MR) is 52.0 cm³/mol. The molecule has 0 fully saturated rings. The van der Waals surface area contributed by atoms with Gasteiger partial charge in [-0.15, -0.1) is 0 Å². The van der Waals surface area contributed by atoms with E-state index >= 15 is 0 Å². The van der Waals surface area contributed by atoms with Crippen LogP contribution in [0.4, 0.5) is 10.5 Å². The topological polar surface area (TPSA) is 85.4 Å². The summed E-state index contributed by atoms with van der Waals surface area (Å²) in [7, 11) is 0. The van der Waals surface area contributed by atoms with Gasteiger partial charge < -0.3 is 5.11 Å². The number of nitro groups is 1. The Labute approximate surface area is 83.5 Å². The monoisotopic (exact) mass is 206 g/mol. The van der Waals surface area contributed by atoms with Crippen LogP contribution < -0.4 is 0 Å². The molecular weight excluding hydrogens is 200 g/mol. The zero-order chi connectivity index (χ0) is 11.0. The second kappa shape index (κ2) is 3.09. The third-order valence-electron chi connectivity index (χ3n) is 2.09. The summed E-state index contributed by atoms with van der Waals surface area (Å²) in [5.41, 5.74) is 0.195. The van der Waals surface area contributed by atoms with Crippen LogP contribution in [0.2, 0.25) is 0 Å². The Morgan fingerprint density at radius 1 is 1.40 bits per heavy atom. The highest BCUT2D eigenvalue weighted by molar-refractivity contribution is 5.90. The van der Waals surface area contributed by atoms with Crippen LogP contribution in [0.25, 0.3) is 10.9 Å². The zero-order valence-electron chi connectivity index (χ0n) is 7.45. The molecule has 0 aliphatic carbocycles. The van der Waals surface area contributed by atoms with Crippen LogP contribution in [-0.4, -0.2) is 20.7 Å². The molecule has 0 saturated heterocycles. The van der Waals surface area contributed by atoms with Gasteiger partial charge in [0.25, 0.3) is 5.69 Å². The number of nitro benzene ring substituents is 1. The lowest BCUT2D eigenvalue weighted by molar-refractivity contribution is -0.384. The lowest BCUT2D eigenvalue weighted by Crippen LogP contribution is -2.05. The third kappa shape index (κ3) is 1.41. The standard InChI is InChI=1S/C9H6N2O4/c12-9(13)10-4-3-6-1-2-7(11(14)15)5-8(6)10/h1-5H,(H,12,13). The summed E-state index contributed by atoms with van der Waals surface area (Å²) < 4.78 is 0.947. The minimum atomic E-state index is -1.16. The number of hydrogen-bond acceptors (Lipinski definition) is 3. The van der Waals surface area contributed by atoms with Crippen molar-refractivity contribution in [3.8, 4) is 0 Å². The van der Waals surface area contributed by atoms with Gasteiger partial charge in [-0.1, -0.05) is 0 Å². The average Bonchev–Trinajstić information content (AvgIpc) is 2.59. The number of carbonyl (C=O) groups is 1. The van der Waals surface area contributed by atoms with Gasteiger partial charge in [0.15, 0.2) is 0 Å². The van der Waals surface area contributed by atoms with Crippen LogP contribution in [0.15, 0.2) is 30.5 Å². The molecule has 0 spiro atoms. The minimum absolute atomic E-state index is 0.122. The summed E-state index contributed by atoms with van der Waals surface area (Å²) >= 11 is 0. The SMILES string of the molecule is O=C(O)n1ccc2ccc([N+](=O)[O-])cc21. The van der Waals surface area contributed by atoms with Gasteiger partial charge in [0.05, 0.1) is 10.4 Å². The predicted octanol–water partition coefficient (Wildman–Crippen LogP) is 2.08. The fourth-order valence-electron chi connectivity index (χ4n) is 1.40. The van der Waals surface area contributed by atoms with Crippen molar-refractivity contribution in [2.45, 2.75) is 0 Å². The van der Waals surface area contributed by atoms with Crippen LogP contribution in [0.1, 0.15) is 0 Å². The summed E-state index contributed by atoms with van der Waals surface area (Å²) in [6.07, 6.45) is 0.196. The first kappa shape index (κ1) is 9.20. The van der Waals surface area contributed by atoms with Crippen LogP contribution in [0.5, 0.6) is 0 Å². The lowest BCUT2D eigenvalue weighted by atomic mass is 10.2. The summed E-state index contributed by atoms with van der Waals surface area (Å²) in [6.45, 7) is 0. The van der Waals surface area contributed by atoms with Gasteiger partial charge in [0, 0.05) is 23.7 Å². The number of carboxylic acid groups (broad SMARTS) is 1. The van der Waals surface area contributed by atoms with Crippen molar-refractivity contribution in [1.82, 2.24) is 4.57 Å². The fourth-order valence-corrected chi connectivity index (χ4v) is 1.40. The molecule has 0 atom stereocenters. The molecule has 2 rings (SSSR count). The van der Waals surface area contributed by atoms with Crippen molar-refractivity contribution in [1.29, 1.82) is 0 Å². The van der Waals surface area contributed by atoms with Gasteiger partial charge in [-0.3, -0.25) is 14.7 Å². The van der Waals surface area contributed by atoms with E-state index in [4.69, 9.17) is 5.11 Å². The highest BCUT2D eigenvalue weighted by Crippen LogP contribution is 2.21. The summed E-state index contributed by atoms with van der Waals surface area (Å²) in [6, 6.07) is 5.69. The molecular formula is C9H6N2O4. The maximum atomic E-state index is 10.8. The first-order valence-corrected chi connectivity index (χ1v) is 4.08. The molecule has 0 unspecified atom stereocenters. The van der Waals surface area contributed by atoms with E-state index in [1.807, 2.05) is 0 Å². The maximum absolute atomic E-state index is 10.8. The molecule has 6 heteroatoms. The molecule has 1 aromatic heterocycles. The van der Waals surface area contributed by atoms with Crippen LogP contribution in [-0.2, 0) is 0 Å². The lowest BCUT2D eigenvalue weighted by Gasteiger charge is -1.97. The molecule has 0 aliphatic heterocycles. The zero-order valence-corrected chi connectivity index (χ0v) is 7.45. The van der Waals surface area contributed by atoms with E-state index in [0.29, 0.717) is 10.9 Å². The normalized spacial score (nSPS) is 10.4. The van der Waals surface area contributed by atoms with Gasteiger partial charge in [-0.05, 0) is 12.1 Å². The van der Waals surface area contributed by atoms with Gasteiger partial charge in [-0.2, -0.15) is 0 Å². The number of aromatic nitrogens is 1. The molecule has 1 heterocycles. The Hall–Kier alpha value is -2.37. The number of non-ortho nitro benzene ring substituents is 1. The van der Waals surface area contributed by atoms with E-state index in [-0.39, 0.29) is 5.69 Å². The number of rotatable bonds is 1. The van der Waals surface area contributed by atoms with Crippen molar-refractivity contribution in [3.05, 3.63) is 40.6 Å². The van der Waals surface area contributed by atoms with Gasteiger partial charge in [0.1, 0.15) is 0 Å². The first-order chi connectivity index (χ1) is 7.09. The highest BCUT2D eigenvalue weighted by Gasteiger charge is 2.11. The van der Waals surface area contributed by atoms with Crippen LogP contribution in [0, 0.1) is 10.1 Å². The van der Waals surface area contributed by atoms with E-state index in [1.165, 1.54) is 24.4 Å². The number of benzene rings is 1. The minimum Gasteiger partial charge on any atom is -0.464 e. The molecule has 76 valence electrons. The van der Waals surface area contributed by atoms with E-state index in [0.717, 1.165) is 4.57 Å². The van der Waals surface area contributed by atoms with Crippen LogP contribution >= 0.6 is 0 Å². The largest absolute Gasteiger partial charge is 0.464 e. The highest BCUT2D eigenvalue weighted by atomic mass is 16.6. The fraction of sp³-hybridized carbons (Fsp3) is 0. The van der Waals surface area contributed by atoms with Crippen molar-refractivity contribution < 1.29 is 14.8 Å². The van der Waals surface area contributed by atoms with Crippen molar-refractivity contribution >= 4 is 22.7 Å². The number of fused-ring (bicyclic) bond motifs is 1. The van der Waals surface area contributed by atoms with E-state index < -0.39 is 11.0 Å². The second-order valence-electron chi connectivity index (χ2n) is 2.97. The van der Waals surface area contributed by atoms with E-state index in [9.17, 15) is 14.9 Å². The smallest absolute Gasteiger partial charge is 0.416 e. The molecule has 6 nitrogen and oxygen atoms in total. The molecule has 0 aliphatic rings. The van der Waals surface area contributed by atoms with Crippen molar-refractivity contribution in [2.75, 3.05) is 0 Å². The third-order valence-corrected chi connectivity index (χ3v) is 2.09.